The molecule has 0 saturated carbocycles. The second-order valence-electron chi connectivity index (χ2n) is 5.52. The third kappa shape index (κ3) is 3.28. The monoisotopic (exact) mass is 418 g/mol. The number of rotatable bonds is 3. The molecule has 0 unspecified atom stereocenters. The van der Waals surface area contributed by atoms with Crippen molar-refractivity contribution in [2.24, 2.45) is 0 Å². The largest absolute Gasteiger partial charge is 0.486 e. The van der Waals surface area contributed by atoms with E-state index in [9.17, 15) is 9.18 Å². The molecule has 132 valence electrons. The van der Waals surface area contributed by atoms with Gasteiger partial charge in [0.25, 0.3) is 5.91 Å². The van der Waals surface area contributed by atoms with Crippen LogP contribution in [0.15, 0.2) is 51.5 Å². The van der Waals surface area contributed by atoms with Gasteiger partial charge in [-0.3, -0.25) is 4.79 Å². The number of ether oxygens (including phenoxy) is 2. The van der Waals surface area contributed by atoms with Crippen molar-refractivity contribution in [2.45, 2.75) is 0 Å². The molecule has 0 spiro atoms. The molecule has 8 heteroatoms. The molecule has 1 aliphatic heterocycles. The van der Waals surface area contributed by atoms with E-state index in [0.29, 0.717) is 46.1 Å². The second kappa shape index (κ2) is 6.80. The van der Waals surface area contributed by atoms with E-state index in [1.807, 2.05) is 0 Å². The summed E-state index contributed by atoms with van der Waals surface area (Å²) in [5.41, 5.74) is 1.40. The summed E-state index contributed by atoms with van der Waals surface area (Å²) in [5.74, 6) is 0.280. The fourth-order valence-corrected chi connectivity index (χ4v) is 2.93. The standard InChI is InChI=1S/C18H12BrFN2O4/c19-12-7-15-16(25-5-4-24-15)9-14(12)21-18(23)17-8-13(22-26-17)10-2-1-3-11(20)6-10/h1-3,6-9H,4-5H2,(H,21,23). The molecule has 1 amide bonds. The van der Waals surface area contributed by atoms with Gasteiger partial charge < -0.3 is 19.3 Å². The Morgan fingerprint density at radius 3 is 2.65 bits per heavy atom. The Hall–Kier alpha value is -2.87. The topological polar surface area (TPSA) is 73.6 Å². The van der Waals surface area contributed by atoms with Gasteiger partial charge in [-0.25, -0.2) is 4.39 Å². The van der Waals surface area contributed by atoms with Gasteiger partial charge in [-0.15, -0.1) is 0 Å². The summed E-state index contributed by atoms with van der Waals surface area (Å²) in [6.07, 6.45) is 0. The van der Waals surface area contributed by atoms with E-state index < -0.39 is 11.7 Å². The molecule has 0 bridgehead atoms. The van der Waals surface area contributed by atoms with E-state index >= 15 is 0 Å². The molecular formula is C18H12BrFN2O4. The summed E-state index contributed by atoms with van der Waals surface area (Å²) in [6, 6.07) is 10.7. The van der Waals surface area contributed by atoms with E-state index in [1.54, 1.807) is 24.3 Å². The Bertz CT molecular complexity index is 989. The number of nitrogens with zero attached hydrogens (tertiary/aromatic N) is 1. The van der Waals surface area contributed by atoms with Crippen LogP contribution in [0.1, 0.15) is 10.6 Å². The molecule has 2 heterocycles. The SMILES string of the molecule is O=C(Nc1cc2c(cc1Br)OCCO2)c1cc(-c2cccc(F)c2)no1. The normalized spacial score (nSPS) is 12.7. The smallest absolute Gasteiger partial charge is 0.294 e. The number of carbonyl (C=O) groups excluding carboxylic acids is 1. The van der Waals surface area contributed by atoms with Crippen LogP contribution in [-0.2, 0) is 0 Å². The Morgan fingerprint density at radius 1 is 1.12 bits per heavy atom. The first-order chi connectivity index (χ1) is 12.6. The van der Waals surface area contributed by atoms with Gasteiger partial charge in [0.05, 0.1) is 5.69 Å². The van der Waals surface area contributed by atoms with Crippen molar-refractivity contribution in [3.63, 3.8) is 0 Å². The molecule has 4 rings (SSSR count). The van der Waals surface area contributed by atoms with Crippen molar-refractivity contribution in [3.05, 3.63) is 58.5 Å². The van der Waals surface area contributed by atoms with Crippen molar-refractivity contribution in [3.8, 4) is 22.8 Å². The van der Waals surface area contributed by atoms with E-state index in [4.69, 9.17) is 14.0 Å². The summed E-state index contributed by atoms with van der Waals surface area (Å²) in [7, 11) is 0. The lowest BCUT2D eigenvalue weighted by atomic mass is 10.1. The molecule has 0 atom stereocenters. The molecule has 3 aromatic rings. The molecular weight excluding hydrogens is 407 g/mol. The minimum absolute atomic E-state index is 0.00560. The van der Waals surface area contributed by atoms with Crippen molar-refractivity contribution in [1.82, 2.24) is 5.16 Å². The highest BCUT2D eigenvalue weighted by Gasteiger charge is 2.19. The second-order valence-corrected chi connectivity index (χ2v) is 6.37. The highest BCUT2D eigenvalue weighted by Crippen LogP contribution is 2.38. The average Bonchev–Trinajstić information content (AvgIpc) is 3.13. The summed E-state index contributed by atoms with van der Waals surface area (Å²) in [5, 5.41) is 6.55. The number of hydrogen-bond donors (Lipinski definition) is 1. The molecule has 0 fully saturated rings. The molecule has 26 heavy (non-hydrogen) atoms. The number of carbonyl (C=O) groups is 1. The maximum absolute atomic E-state index is 13.3. The fraction of sp³-hybridized carbons (Fsp3) is 0.111. The molecule has 0 saturated heterocycles. The lowest BCUT2D eigenvalue weighted by Gasteiger charge is -2.19. The van der Waals surface area contributed by atoms with Crippen molar-refractivity contribution in [2.75, 3.05) is 18.5 Å². The lowest BCUT2D eigenvalue weighted by molar-refractivity contribution is 0.0988. The quantitative estimate of drug-likeness (QED) is 0.687. The van der Waals surface area contributed by atoms with Crippen LogP contribution in [0, 0.1) is 5.82 Å². The van der Waals surface area contributed by atoms with Gasteiger partial charge >= 0.3 is 0 Å². The highest BCUT2D eigenvalue weighted by atomic mass is 79.9. The lowest BCUT2D eigenvalue weighted by Crippen LogP contribution is -2.16. The highest BCUT2D eigenvalue weighted by molar-refractivity contribution is 9.10. The van der Waals surface area contributed by atoms with Gasteiger partial charge in [0.2, 0.25) is 5.76 Å². The molecule has 1 aliphatic rings. The minimum atomic E-state index is -0.488. The van der Waals surface area contributed by atoms with Crippen LogP contribution in [0.2, 0.25) is 0 Å². The predicted octanol–water partition coefficient (Wildman–Crippen LogP) is 4.27. The minimum Gasteiger partial charge on any atom is -0.486 e. The first kappa shape index (κ1) is 16.6. The van der Waals surface area contributed by atoms with Gasteiger partial charge in [0, 0.05) is 28.2 Å². The Kier molecular flexibility index (Phi) is 4.34. The van der Waals surface area contributed by atoms with Crippen LogP contribution in [0.3, 0.4) is 0 Å². The summed E-state index contributed by atoms with van der Waals surface area (Å²) in [6.45, 7) is 0.924. The molecule has 6 nitrogen and oxygen atoms in total. The number of nitrogens with one attached hydrogen (secondary N) is 1. The van der Waals surface area contributed by atoms with Gasteiger partial charge in [-0.2, -0.15) is 0 Å². The predicted molar refractivity (Wildman–Crippen MR) is 95.0 cm³/mol. The number of hydrogen-bond acceptors (Lipinski definition) is 5. The molecule has 2 aromatic carbocycles. The number of aromatic nitrogens is 1. The molecule has 1 aromatic heterocycles. The third-order valence-electron chi connectivity index (χ3n) is 3.73. The van der Waals surface area contributed by atoms with Crippen LogP contribution < -0.4 is 14.8 Å². The van der Waals surface area contributed by atoms with Crippen LogP contribution in [0.25, 0.3) is 11.3 Å². The zero-order valence-electron chi connectivity index (χ0n) is 13.3. The summed E-state index contributed by atoms with van der Waals surface area (Å²) >= 11 is 3.39. The van der Waals surface area contributed by atoms with Gasteiger partial charge in [0.15, 0.2) is 11.5 Å². The summed E-state index contributed by atoms with van der Waals surface area (Å²) < 4.78 is 30.0. The van der Waals surface area contributed by atoms with Crippen LogP contribution in [0.5, 0.6) is 11.5 Å². The Morgan fingerprint density at radius 2 is 1.88 bits per heavy atom. The number of fused-ring (bicyclic) bond motifs is 1. The zero-order chi connectivity index (χ0) is 18.1. The van der Waals surface area contributed by atoms with Crippen molar-refractivity contribution >= 4 is 27.5 Å². The number of halogens is 2. The number of benzene rings is 2. The van der Waals surface area contributed by atoms with Gasteiger partial charge in [-0.1, -0.05) is 17.3 Å². The average molecular weight is 419 g/mol. The third-order valence-corrected chi connectivity index (χ3v) is 4.39. The van der Waals surface area contributed by atoms with Crippen molar-refractivity contribution in [1.29, 1.82) is 0 Å². The van der Waals surface area contributed by atoms with Crippen molar-refractivity contribution < 1.29 is 23.2 Å². The van der Waals surface area contributed by atoms with Crippen LogP contribution in [0.4, 0.5) is 10.1 Å². The van der Waals surface area contributed by atoms with E-state index in [2.05, 4.69) is 26.4 Å². The van der Waals surface area contributed by atoms with E-state index in [1.165, 1.54) is 18.2 Å². The molecule has 0 radical (unpaired) electrons. The Balaban J connectivity index is 1.56. The Labute approximate surface area is 156 Å². The first-order valence-electron chi connectivity index (χ1n) is 7.73. The zero-order valence-corrected chi connectivity index (χ0v) is 14.9. The fourth-order valence-electron chi connectivity index (χ4n) is 2.51. The molecule has 1 N–H and O–H groups in total. The number of amides is 1. The first-order valence-corrected chi connectivity index (χ1v) is 8.52. The number of anilines is 1. The molecule has 0 aliphatic carbocycles. The summed E-state index contributed by atoms with van der Waals surface area (Å²) in [4.78, 5) is 12.4. The van der Waals surface area contributed by atoms with Crippen LogP contribution >= 0.6 is 15.9 Å². The van der Waals surface area contributed by atoms with Gasteiger partial charge in [-0.05, 0) is 28.1 Å². The maximum Gasteiger partial charge on any atom is 0.294 e. The van der Waals surface area contributed by atoms with E-state index in [-0.39, 0.29) is 5.76 Å². The maximum atomic E-state index is 13.3. The van der Waals surface area contributed by atoms with E-state index in [0.717, 1.165) is 0 Å². The van der Waals surface area contributed by atoms with Gasteiger partial charge in [0.1, 0.15) is 24.7 Å². The van der Waals surface area contributed by atoms with Crippen LogP contribution in [-0.4, -0.2) is 24.3 Å².